The first kappa shape index (κ1) is 20.3. The number of carbonyl (C=O) groups excluding carboxylic acids is 1. The lowest BCUT2D eigenvalue weighted by Crippen LogP contribution is -2.47. The SMILES string of the molecule is O=C(Nc1ccc(F)cc1)C1(c2ccc3c(n2)CCCN3c2ccnc(C3CC3)n2)CCC1. The molecule has 0 atom stereocenters. The average Bonchev–Trinajstić information content (AvgIpc) is 3.65. The van der Waals surface area contributed by atoms with Crippen molar-refractivity contribution in [2.75, 3.05) is 16.8 Å². The predicted octanol–water partition coefficient (Wildman–Crippen LogP) is 5.03. The van der Waals surface area contributed by atoms with Crippen LogP contribution in [0.4, 0.5) is 21.6 Å². The molecule has 168 valence electrons. The largest absolute Gasteiger partial charge is 0.325 e. The Balaban J connectivity index is 1.29. The van der Waals surface area contributed by atoms with E-state index in [4.69, 9.17) is 9.97 Å². The van der Waals surface area contributed by atoms with Crippen LogP contribution >= 0.6 is 0 Å². The standard InChI is InChI=1S/C26H26FN5O/c27-18-6-8-19(9-7-18)29-25(33)26(13-2-14-26)22-11-10-21-20(30-22)3-1-16-32(21)23-12-15-28-24(31-23)17-4-5-17/h6-12,15,17H,1-5,13-14,16H2,(H,29,33). The smallest absolute Gasteiger partial charge is 0.236 e. The number of hydrogen-bond donors (Lipinski definition) is 1. The molecule has 6 nitrogen and oxygen atoms in total. The van der Waals surface area contributed by atoms with E-state index in [9.17, 15) is 9.18 Å². The fourth-order valence-electron chi connectivity index (χ4n) is 4.92. The molecule has 3 aromatic rings. The molecule has 2 aromatic heterocycles. The number of hydrogen-bond acceptors (Lipinski definition) is 5. The van der Waals surface area contributed by atoms with E-state index >= 15 is 0 Å². The Morgan fingerprint density at radius 1 is 1.03 bits per heavy atom. The maximum Gasteiger partial charge on any atom is 0.236 e. The molecule has 2 fully saturated rings. The summed E-state index contributed by atoms with van der Waals surface area (Å²) in [5.41, 5.74) is 2.90. The summed E-state index contributed by atoms with van der Waals surface area (Å²) in [6.45, 7) is 0.894. The molecule has 1 aliphatic heterocycles. The maximum absolute atomic E-state index is 13.3. The van der Waals surface area contributed by atoms with Gasteiger partial charge in [0.1, 0.15) is 17.5 Å². The monoisotopic (exact) mass is 443 g/mol. The Morgan fingerprint density at radius 3 is 2.58 bits per heavy atom. The van der Waals surface area contributed by atoms with Gasteiger partial charge in [-0.3, -0.25) is 9.78 Å². The Morgan fingerprint density at radius 2 is 1.85 bits per heavy atom. The van der Waals surface area contributed by atoms with Crippen LogP contribution in [0.25, 0.3) is 0 Å². The number of aryl methyl sites for hydroxylation is 1. The van der Waals surface area contributed by atoms with Crippen molar-refractivity contribution < 1.29 is 9.18 Å². The third-order valence-electron chi connectivity index (χ3n) is 7.15. The summed E-state index contributed by atoms with van der Waals surface area (Å²) >= 11 is 0. The first-order valence-electron chi connectivity index (χ1n) is 11.8. The van der Waals surface area contributed by atoms with Gasteiger partial charge in [-0.25, -0.2) is 14.4 Å². The fraction of sp³-hybridized carbons (Fsp3) is 0.385. The second kappa shape index (κ2) is 7.90. The fourth-order valence-corrected chi connectivity index (χ4v) is 4.92. The number of amides is 1. The highest BCUT2D eigenvalue weighted by molar-refractivity contribution is 5.99. The van der Waals surface area contributed by atoms with Crippen molar-refractivity contribution in [1.29, 1.82) is 0 Å². The van der Waals surface area contributed by atoms with Crippen molar-refractivity contribution in [2.24, 2.45) is 0 Å². The summed E-state index contributed by atoms with van der Waals surface area (Å²) in [6.07, 6.45) is 8.61. The highest BCUT2D eigenvalue weighted by Crippen LogP contribution is 2.45. The van der Waals surface area contributed by atoms with Crippen LogP contribution in [0.15, 0.2) is 48.7 Å². The zero-order chi connectivity index (χ0) is 22.4. The van der Waals surface area contributed by atoms with Crippen molar-refractivity contribution in [2.45, 2.75) is 56.3 Å². The lowest BCUT2D eigenvalue weighted by Gasteiger charge is -2.40. The van der Waals surface area contributed by atoms with Crippen LogP contribution in [0, 0.1) is 5.82 Å². The van der Waals surface area contributed by atoms with Crippen LogP contribution in [0.2, 0.25) is 0 Å². The van der Waals surface area contributed by atoms with Gasteiger partial charge >= 0.3 is 0 Å². The van der Waals surface area contributed by atoms with Crippen molar-refractivity contribution in [3.63, 3.8) is 0 Å². The van der Waals surface area contributed by atoms with Crippen LogP contribution < -0.4 is 10.2 Å². The molecule has 33 heavy (non-hydrogen) atoms. The van der Waals surface area contributed by atoms with E-state index in [0.29, 0.717) is 11.6 Å². The molecule has 2 saturated carbocycles. The van der Waals surface area contributed by atoms with Crippen LogP contribution in [0.3, 0.4) is 0 Å². The normalized spacial score (nSPS) is 18.9. The number of aromatic nitrogens is 3. The van der Waals surface area contributed by atoms with Crippen LogP contribution in [0.5, 0.6) is 0 Å². The number of fused-ring (bicyclic) bond motifs is 1. The quantitative estimate of drug-likeness (QED) is 0.599. The van der Waals surface area contributed by atoms with Gasteiger partial charge in [0.15, 0.2) is 0 Å². The maximum atomic E-state index is 13.3. The van der Waals surface area contributed by atoms with E-state index in [2.05, 4.69) is 21.3 Å². The molecular weight excluding hydrogens is 417 g/mol. The van der Waals surface area contributed by atoms with Gasteiger partial charge in [0.25, 0.3) is 0 Å². The minimum atomic E-state index is -0.625. The number of pyridine rings is 1. The van der Waals surface area contributed by atoms with E-state index in [1.54, 1.807) is 12.1 Å². The number of nitrogens with zero attached hydrogens (tertiary/aromatic N) is 4. The molecule has 7 heteroatoms. The molecule has 3 heterocycles. The molecule has 2 aliphatic carbocycles. The van der Waals surface area contributed by atoms with Crippen LogP contribution in [-0.4, -0.2) is 27.4 Å². The van der Waals surface area contributed by atoms with Crippen LogP contribution in [0.1, 0.15) is 61.7 Å². The second-order valence-corrected chi connectivity index (χ2v) is 9.36. The summed E-state index contributed by atoms with van der Waals surface area (Å²) in [5, 5.41) is 2.97. The Kier molecular flexibility index (Phi) is 4.85. The van der Waals surface area contributed by atoms with E-state index in [1.165, 1.54) is 25.0 Å². The first-order valence-corrected chi connectivity index (χ1v) is 11.8. The van der Waals surface area contributed by atoms with Gasteiger partial charge < -0.3 is 10.2 Å². The second-order valence-electron chi connectivity index (χ2n) is 9.36. The number of anilines is 3. The number of benzene rings is 1. The summed E-state index contributed by atoms with van der Waals surface area (Å²) in [5.74, 6) is 1.99. The Hall–Kier alpha value is -3.35. The Bertz CT molecular complexity index is 1200. The summed E-state index contributed by atoms with van der Waals surface area (Å²) in [7, 11) is 0. The first-order chi connectivity index (χ1) is 16.1. The minimum absolute atomic E-state index is 0.0645. The minimum Gasteiger partial charge on any atom is -0.325 e. The highest BCUT2D eigenvalue weighted by atomic mass is 19.1. The summed E-state index contributed by atoms with van der Waals surface area (Å²) < 4.78 is 13.2. The highest BCUT2D eigenvalue weighted by Gasteiger charge is 2.47. The third-order valence-corrected chi connectivity index (χ3v) is 7.15. The van der Waals surface area contributed by atoms with Crippen molar-refractivity contribution in [3.05, 3.63) is 71.7 Å². The molecule has 0 unspecified atom stereocenters. The van der Waals surface area contributed by atoms with Gasteiger partial charge in [0.05, 0.1) is 22.5 Å². The summed E-state index contributed by atoms with van der Waals surface area (Å²) in [6, 6.07) is 12.0. The molecule has 0 saturated heterocycles. The molecule has 0 radical (unpaired) electrons. The molecule has 1 N–H and O–H groups in total. The van der Waals surface area contributed by atoms with Crippen molar-refractivity contribution in [3.8, 4) is 0 Å². The van der Waals surface area contributed by atoms with E-state index in [1.807, 2.05) is 18.3 Å². The zero-order valence-corrected chi connectivity index (χ0v) is 18.4. The van der Waals surface area contributed by atoms with Crippen molar-refractivity contribution >= 4 is 23.1 Å². The number of nitrogens with one attached hydrogen (secondary N) is 1. The van der Waals surface area contributed by atoms with E-state index in [-0.39, 0.29) is 11.7 Å². The van der Waals surface area contributed by atoms with Gasteiger partial charge in [-0.2, -0.15) is 0 Å². The molecule has 0 spiro atoms. The van der Waals surface area contributed by atoms with Gasteiger partial charge in [-0.05, 0) is 81.0 Å². The molecular formula is C26H26FN5O. The van der Waals surface area contributed by atoms with E-state index in [0.717, 1.165) is 67.4 Å². The predicted molar refractivity (Wildman–Crippen MR) is 124 cm³/mol. The summed E-state index contributed by atoms with van der Waals surface area (Å²) in [4.78, 5) is 29.8. The molecule has 1 aromatic carbocycles. The van der Waals surface area contributed by atoms with Gasteiger partial charge in [-0.1, -0.05) is 6.42 Å². The van der Waals surface area contributed by atoms with E-state index < -0.39 is 5.41 Å². The Labute approximate surface area is 192 Å². The number of carbonyl (C=O) groups is 1. The molecule has 0 bridgehead atoms. The molecule has 1 amide bonds. The molecule has 6 rings (SSSR count). The topological polar surface area (TPSA) is 71.0 Å². The molecule has 3 aliphatic rings. The van der Waals surface area contributed by atoms with Gasteiger partial charge in [0, 0.05) is 24.3 Å². The van der Waals surface area contributed by atoms with Crippen molar-refractivity contribution in [1.82, 2.24) is 15.0 Å². The van der Waals surface area contributed by atoms with Gasteiger partial charge in [-0.15, -0.1) is 0 Å². The van der Waals surface area contributed by atoms with Crippen LogP contribution in [-0.2, 0) is 16.6 Å². The lowest BCUT2D eigenvalue weighted by molar-refractivity contribution is -0.124. The third kappa shape index (κ3) is 3.65. The lowest BCUT2D eigenvalue weighted by atomic mass is 9.65. The number of halogens is 1. The number of rotatable bonds is 5. The zero-order valence-electron chi connectivity index (χ0n) is 18.4. The average molecular weight is 444 g/mol. The van der Waals surface area contributed by atoms with Gasteiger partial charge in [0.2, 0.25) is 5.91 Å².